The molecular formula is C19H21NO3S. The van der Waals surface area contributed by atoms with Crippen LogP contribution in [0.15, 0.2) is 48.5 Å². The lowest BCUT2D eigenvalue weighted by Gasteiger charge is -2.07. The van der Waals surface area contributed by atoms with Crippen LogP contribution in [-0.2, 0) is 20.9 Å². The topological polar surface area (TPSA) is 55.4 Å². The summed E-state index contributed by atoms with van der Waals surface area (Å²) in [4.78, 5) is 23.5. The first-order valence-corrected chi connectivity index (χ1v) is 8.84. The van der Waals surface area contributed by atoms with Gasteiger partial charge < -0.3 is 10.1 Å². The Bertz CT molecular complexity index is 698. The number of amides is 1. The number of benzene rings is 2. The van der Waals surface area contributed by atoms with E-state index in [1.54, 1.807) is 0 Å². The molecular weight excluding hydrogens is 322 g/mol. The summed E-state index contributed by atoms with van der Waals surface area (Å²) in [5.41, 5.74) is 3.97. The highest BCUT2D eigenvalue weighted by atomic mass is 32.2. The van der Waals surface area contributed by atoms with E-state index in [2.05, 4.69) is 5.32 Å². The predicted molar refractivity (Wildman–Crippen MR) is 98.1 cm³/mol. The molecule has 126 valence electrons. The first-order chi connectivity index (χ1) is 11.5. The van der Waals surface area contributed by atoms with E-state index in [4.69, 9.17) is 4.74 Å². The van der Waals surface area contributed by atoms with Crippen molar-refractivity contribution in [3.05, 3.63) is 65.2 Å². The minimum absolute atomic E-state index is 0.128. The Hall–Kier alpha value is -2.27. The molecule has 0 heterocycles. The van der Waals surface area contributed by atoms with Gasteiger partial charge in [0.25, 0.3) is 0 Å². The zero-order valence-corrected chi connectivity index (χ0v) is 14.7. The number of rotatable bonds is 7. The SMILES string of the molecule is Cc1ccc(COC(=O)CSCC(=O)Nc2cccc(C)c2)cc1. The van der Waals surface area contributed by atoms with Gasteiger partial charge in [-0.2, -0.15) is 0 Å². The fourth-order valence-corrected chi connectivity index (χ4v) is 2.65. The summed E-state index contributed by atoms with van der Waals surface area (Å²) in [6.07, 6.45) is 0. The van der Waals surface area contributed by atoms with Crippen LogP contribution in [-0.4, -0.2) is 23.4 Å². The molecule has 0 aliphatic heterocycles. The number of carbonyl (C=O) groups excluding carboxylic acids is 2. The Balaban J connectivity index is 1.65. The van der Waals surface area contributed by atoms with Crippen molar-refractivity contribution in [3.8, 4) is 0 Å². The van der Waals surface area contributed by atoms with Gasteiger partial charge in [-0.1, -0.05) is 42.0 Å². The Morgan fingerprint density at radius 1 is 1.00 bits per heavy atom. The molecule has 1 amide bonds. The maximum Gasteiger partial charge on any atom is 0.316 e. The highest BCUT2D eigenvalue weighted by Gasteiger charge is 2.07. The summed E-state index contributed by atoms with van der Waals surface area (Å²) >= 11 is 1.24. The maximum atomic E-state index is 11.8. The van der Waals surface area contributed by atoms with Crippen LogP contribution in [0.4, 0.5) is 5.69 Å². The van der Waals surface area contributed by atoms with Crippen LogP contribution in [0.1, 0.15) is 16.7 Å². The number of hydrogen-bond acceptors (Lipinski definition) is 4. The molecule has 2 aromatic rings. The van der Waals surface area contributed by atoms with E-state index in [1.165, 1.54) is 17.3 Å². The number of anilines is 1. The minimum atomic E-state index is -0.316. The van der Waals surface area contributed by atoms with E-state index < -0.39 is 0 Å². The summed E-state index contributed by atoms with van der Waals surface area (Å²) in [7, 11) is 0. The lowest BCUT2D eigenvalue weighted by atomic mass is 10.2. The Morgan fingerprint density at radius 2 is 1.75 bits per heavy atom. The van der Waals surface area contributed by atoms with E-state index in [1.807, 2.05) is 62.4 Å². The van der Waals surface area contributed by atoms with Gasteiger partial charge in [0.05, 0.1) is 11.5 Å². The average molecular weight is 343 g/mol. The summed E-state index contributed by atoms with van der Waals surface area (Å²) in [5.74, 6) is -0.0680. The van der Waals surface area contributed by atoms with Crippen LogP contribution >= 0.6 is 11.8 Å². The largest absolute Gasteiger partial charge is 0.460 e. The molecule has 0 aliphatic carbocycles. The van der Waals surface area contributed by atoms with Gasteiger partial charge in [-0.15, -0.1) is 11.8 Å². The first kappa shape index (κ1) is 18.1. The second-order valence-electron chi connectivity index (χ2n) is 5.56. The Labute approximate surface area is 146 Å². The molecule has 0 radical (unpaired) electrons. The van der Waals surface area contributed by atoms with Gasteiger partial charge in [0.2, 0.25) is 5.91 Å². The van der Waals surface area contributed by atoms with Crippen molar-refractivity contribution in [2.45, 2.75) is 20.5 Å². The van der Waals surface area contributed by atoms with Crippen LogP contribution in [0.5, 0.6) is 0 Å². The molecule has 0 fully saturated rings. The summed E-state index contributed by atoms with van der Waals surface area (Å²) < 4.78 is 5.19. The van der Waals surface area contributed by atoms with Gasteiger partial charge in [-0.05, 0) is 37.1 Å². The third kappa shape index (κ3) is 6.46. The number of carbonyl (C=O) groups is 2. The van der Waals surface area contributed by atoms with Gasteiger partial charge in [-0.3, -0.25) is 9.59 Å². The molecule has 2 aromatic carbocycles. The van der Waals surface area contributed by atoms with Crippen LogP contribution in [0, 0.1) is 13.8 Å². The highest BCUT2D eigenvalue weighted by Crippen LogP contribution is 2.11. The van der Waals surface area contributed by atoms with E-state index in [-0.39, 0.29) is 30.0 Å². The summed E-state index contributed by atoms with van der Waals surface area (Å²) in [5, 5.41) is 2.81. The predicted octanol–water partition coefficient (Wildman–Crippen LogP) is 3.72. The van der Waals surface area contributed by atoms with E-state index >= 15 is 0 Å². The standard InChI is InChI=1S/C19H21NO3S/c1-14-6-8-16(9-7-14)11-23-19(22)13-24-12-18(21)20-17-5-3-4-15(2)10-17/h3-10H,11-13H2,1-2H3,(H,20,21). The van der Waals surface area contributed by atoms with E-state index in [0.717, 1.165) is 16.8 Å². The molecule has 5 heteroatoms. The smallest absolute Gasteiger partial charge is 0.316 e. The van der Waals surface area contributed by atoms with Gasteiger partial charge in [0.1, 0.15) is 6.61 Å². The van der Waals surface area contributed by atoms with Crippen molar-refractivity contribution in [3.63, 3.8) is 0 Å². The Morgan fingerprint density at radius 3 is 2.46 bits per heavy atom. The van der Waals surface area contributed by atoms with Crippen molar-refractivity contribution in [1.82, 2.24) is 0 Å². The van der Waals surface area contributed by atoms with Gasteiger partial charge in [0.15, 0.2) is 0 Å². The number of thioether (sulfide) groups is 1. The zero-order valence-electron chi connectivity index (χ0n) is 13.9. The van der Waals surface area contributed by atoms with Gasteiger partial charge in [0, 0.05) is 5.69 Å². The number of aryl methyl sites for hydroxylation is 2. The number of esters is 1. The maximum absolute atomic E-state index is 11.8. The summed E-state index contributed by atoms with van der Waals surface area (Å²) in [6.45, 7) is 4.23. The molecule has 4 nitrogen and oxygen atoms in total. The fraction of sp³-hybridized carbons (Fsp3) is 0.263. The monoisotopic (exact) mass is 343 g/mol. The number of hydrogen-bond donors (Lipinski definition) is 1. The Kier molecular flexibility index (Phi) is 6.88. The van der Waals surface area contributed by atoms with Crippen LogP contribution in [0.3, 0.4) is 0 Å². The van der Waals surface area contributed by atoms with Gasteiger partial charge >= 0.3 is 5.97 Å². The van der Waals surface area contributed by atoms with E-state index in [0.29, 0.717) is 0 Å². The molecule has 2 rings (SSSR count). The highest BCUT2D eigenvalue weighted by molar-refractivity contribution is 8.00. The lowest BCUT2D eigenvalue weighted by molar-refractivity contribution is -0.141. The number of ether oxygens (including phenoxy) is 1. The van der Waals surface area contributed by atoms with Crippen molar-refractivity contribution in [2.24, 2.45) is 0 Å². The van der Waals surface area contributed by atoms with Crippen LogP contribution < -0.4 is 5.32 Å². The minimum Gasteiger partial charge on any atom is -0.460 e. The third-order valence-corrected chi connectivity index (χ3v) is 4.18. The van der Waals surface area contributed by atoms with Crippen LogP contribution in [0.25, 0.3) is 0 Å². The molecule has 0 bridgehead atoms. The third-order valence-electron chi connectivity index (χ3n) is 3.28. The molecule has 0 aliphatic rings. The first-order valence-electron chi connectivity index (χ1n) is 7.68. The van der Waals surface area contributed by atoms with Crippen molar-refractivity contribution < 1.29 is 14.3 Å². The van der Waals surface area contributed by atoms with Crippen molar-refractivity contribution >= 4 is 29.3 Å². The normalized spacial score (nSPS) is 10.2. The molecule has 0 atom stereocenters. The molecule has 0 saturated carbocycles. The zero-order chi connectivity index (χ0) is 17.4. The van der Waals surface area contributed by atoms with E-state index in [9.17, 15) is 9.59 Å². The van der Waals surface area contributed by atoms with Crippen molar-refractivity contribution in [1.29, 1.82) is 0 Å². The molecule has 0 saturated heterocycles. The second kappa shape index (κ2) is 9.13. The molecule has 0 aromatic heterocycles. The molecule has 24 heavy (non-hydrogen) atoms. The molecule has 1 N–H and O–H groups in total. The summed E-state index contributed by atoms with van der Waals surface area (Å²) in [6, 6.07) is 15.4. The number of nitrogens with one attached hydrogen (secondary N) is 1. The lowest BCUT2D eigenvalue weighted by Crippen LogP contribution is -2.16. The molecule has 0 unspecified atom stereocenters. The molecule has 0 spiro atoms. The quantitative estimate of drug-likeness (QED) is 0.779. The van der Waals surface area contributed by atoms with Crippen LogP contribution in [0.2, 0.25) is 0 Å². The van der Waals surface area contributed by atoms with Gasteiger partial charge in [-0.25, -0.2) is 0 Å². The fourth-order valence-electron chi connectivity index (χ4n) is 2.04. The average Bonchev–Trinajstić information content (AvgIpc) is 2.54. The second-order valence-corrected chi connectivity index (χ2v) is 6.54. The van der Waals surface area contributed by atoms with Crippen molar-refractivity contribution in [2.75, 3.05) is 16.8 Å².